The number of allylic oxidation sites excluding steroid dienone is 2. The van der Waals surface area contributed by atoms with Crippen molar-refractivity contribution < 1.29 is 27.5 Å². The van der Waals surface area contributed by atoms with E-state index < -0.39 is 28.0 Å². The molecule has 154 valence electrons. The Kier molecular flexibility index (Phi) is 6.02. The summed E-state index contributed by atoms with van der Waals surface area (Å²) in [7, 11) is -2.07. The van der Waals surface area contributed by atoms with Gasteiger partial charge in [-0.1, -0.05) is 12.1 Å². The summed E-state index contributed by atoms with van der Waals surface area (Å²) >= 11 is 0. The Morgan fingerprint density at radius 1 is 1.28 bits per heavy atom. The van der Waals surface area contributed by atoms with Crippen molar-refractivity contribution in [2.45, 2.75) is 19.6 Å². The van der Waals surface area contributed by atoms with E-state index in [2.05, 4.69) is 9.71 Å². The van der Waals surface area contributed by atoms with Crippen LogP contribution in [0.25, 0.3) is 0 Å². The second-order valence-electron chi connectivity index (χ2n) is 6.43. The van der Waals surface area contributed by atoms with Gasteiger partial charge < -0.3 is 19.7 Å². The van der Waals surface area contributed by atoms with Crippen LogP contribution in [0.4, 0.5) is 0 Å². The lowest BCUT2D eigenvalue weighted by Gasteiger charge is -2.28. The zero-order valence-corrected chi connectivity index (χ0v) is 16.8. The standard InChI is InChI=1S/C19H21N3O6S/c1-13(18(23)20-12-14-5-7-15(27-2)8-6-14)28-19(24)16-4-3-9-22-10-11-29(25,26)21-17(16)22/h3-9,13H,10-12H2,1-2H3,(H,20,23). The van der Waals surface area contributed by atoms with Gasteiger partial charge in [-0.05, 0) is 36.8 Å². The molecular weight excluding hydrogens is 398 g/mol. The number of hydrogen-bond donors (Lipinski definition) is 1. The van der Waals surface area contributed by atoms with Crippen molar-refractivity contribution in [3.63, 3.8) is 0 Å². The first-order chi connectivity index (χ1) is 13.8. The Balaban J connectivity index is 1.60. The Morgan fingerprint density at radius 2 is 2.00 bits per heavy atom. The van der Waals surface area contributed by atoms with E-state index in [0.29, 0.717) is 5.75 Å². The number of nitrogens with one attached hydrogen (secondary N) is 1. The van der Waals surface area contributed by atoms with Gasteiger partial charge in [0, 0.05) is 19.3 Å². The number of carbonyl (C=O) groups excluding carboxylic acids is 2. The molecule has 10 heteroatoms. The van der Waals surface area contributed by atoms with Crippen LogP contribution in [-0.2, 0) is 30.9 Å². The molecule has 2 aliphatic heterocycles. The molecule has 1 atom stereocenters. The van der Waals surface area contributed by atoms with Gasteiger partial charge in [-0.15, -0.1) is 4.40 Å². The van der Waals surface area contributed by atoms with E-state index in [-0.39, 0.29) is 30.3 Å². The summed E-state index contributed by atoms with van der Waals surface area (Å²) in [6.45, 7) is 1.90. The first kappa shape index (κ1) is 20.6. The number of methoxy groups -OCH3 is 1. The smallest absolute Gasteiger partial charge is 0.342 e. The first-order valence-electron chi connectivity index (χ1n) is 8.89. The number of esters is 1. The van der Waals surface area contributed by atoms with Gasteiger partial charge in [-0.3, -0.25) is 4.79 Å². The second-order valence-corrected chi connectivity index (χ2v) is 8.18. The van der Waals surface area contributed by atoms with Crippen molar-refractivity contribution in [1.82, 2.24) is 10.2 Å². The quantitative estimate of drug-likeness (QED) is 0.677. The first-order valence-corrected chi connectivity index (χ1v) is 10.5. The molecule has 1 aromatic rings. The van der Waals surface area contributed by atoms with Gasteiger partial charge in [0.25, 0.3) is 15.9 Å². The molecule has 0 saturated heterocycles. The molecule has 1 amide bonds. The van der Waals surface area contributed by atoms with Crippen LogP contribution in [0.15, 0.2) is 52.6 Å². The summed E-state index contributed by atoms with van der Waals surface area (Å²) in [6.07, 6.45) is 3.58. The molecule has 0 aromatic heterocycles. The zero-order valence-electron chi connectivity index (χ0n) is 16.0. The average molecular weight is 419 g/mol. The fraction of sp³-hybridized carbons (Fsp3) is 0.316. The second kappa shape index (κ2) is 8.48. The van der Waals surface area contributed by atoms with Gasteiger partial charge >= 0.3 is 5.97 Å². The molecule has 1 unspecified atom stereocenters. The Hall–Kier alpha value is -3.14. The molecule has 2 heterocycles. The maximum absolute atomic E-state index is 12.5. The Bertz CT molecular complexity index is 995. The molecule has 9 nitrogen and oxygen atoms in total. The number of sulfonamides is 1. The lowest BCUT2D eigenvalue weighted by atomic mass is 10.1. The molecular formula is C19H21N3O6S. The van der Waals surface area contributed by atoms with Crippen LogP contribution in [-0.4, -0.2) is 56.5 Å². The molecule has 1 N–H and O–H groups in total. The highest BCUT2D eigenvalue weighted by Gasteiger charge is 2.32. The van der Waals surface area contributed by atoms with Crippen molar-refractivity contribution in [1.29, 1.82) is 0 Å². The Labute approximate surface area is 168 Å². The zero-order chi connectivity index (χ0) is 21.0. The molecule has 0 saturated carbocycles. The lowest BCUT2D eigenvalue weighted by molar-refractivity contribution is -0.150. The number of carbonyl (C=O) groups is 2. The van der Waals surface area contributed by atoms with E-state index in [1.807, 2.05) is 12.1 Å². The number of fused-ring (bicyclic) bond motifs is 1. The maximum Gasteiger partial charge on any atom is 0.342 e. The van der Waals surface area contributed by atoms with Crippen LogP contribution < -0.4 is 10.1 Å². The summed E-state index contributed by atoms with van der Waals surface area (Å²) < 4.78 is 37.5. The van der Waals surface area contributed by atoms with Crippen LogP contribution in [0.2, 0.25) is 0 Å². The number of ether oxygens (including phenoxy) is 2. The van der Waals surface area contributed by atoms with E-state index in [0.717, 1.165) is 5.56 Å². The molecule has 0 aliphatic carbocycles. The summed E-state index contributed by atoms with van der Waals surface area (Å²) in [6, 6.07) is 7.17. The largest absolute Gasteiger partial charge is 0.497 e. The minimum atomic E-state index is -3.63. The molecule has 1 aromatic carbocycles. The molecule has 29 heavy (non-hydrogen) atoms. The fourth-order valence-corrected chi connectivity index (χ4v) is 3.71. The summed E-state index contributed by atoms with van der Waals surface area (Å²) in [4.78, 5) is 26.3. The molecule has 2 aliphatic rings. The number of amides is 1. The number of rotatable bonds is 6. The van der Waals surface area contributed by atoms with Crippen molar-refractivity contribution in [3.05, 3.63) is 53.8 Å². The maximum atomic E-state index is 12.5. The number of amidine groups is 1. The highest BCUT2D eigenvalue weighted by molar-refractivity contribution is 7.90. The van der Waals surface area contributed by atoms with Crippen LogP contribution >= 0.6 is 0 Å². The van der Waals surface area contributed by atoms with E-state index in [9.17, 15) is 18.0 Å². The summed E-state index contributed by atoms with van der Waals surface area (Å²) in [5.41, 5.74) is 0.848. The predicted octanol–water partition coefficient (Wildman–Crippen LogP) is 0.741. The van der Waals surface area contributed by atoms with E-state index >= 15 is 0 Å². The minimum absolute atomic E-state index is 0.00872. The molecule has 0 spiro atoms. The van der Waals surface area contributed by atoms with Crippen molar-refractivity contribution in [2.24, 2.45) is 4.40 Å². The van der Waals surface area contributed by atoms with Gasteiger partial charge in [-0.2, -0.15) is 0 Å². The third-order valence-corrected chi connectivity index (χ3v) is 5.51. The number of benzene rings is 1. The topological polar surface area (TPSA) is 114 Å². The lowest BCUT2D eigenvalue weighted by Crippen LogP contribution is -2.41. The SMILES string of the molecule is COc1ccc(CNC(=O)C(C)OC(=O)C2=CC=CN3CCS(=O)(=O)N=C23)cc1. The molecule has 0 fully saturated rings. The van der Waals surface area contributed by atoms with Crippen molar-refractivity contribution >= 4 is 27.7 Å². The minimum Gasteiger partial charge on any atom is -0.497 e. The summed E-state index contributed by atoms with van der Waals surface area (Å²) in [5.74, 6) is -0.709. The fourth-order valence-electron chi connectivity index (χ4n) is 2.73. The number of nitrogens with zero attached hydrogens (tertiary/aromatic N) is 2. The van der Waals surface area contributed by atoms with Crippen LogP contribution in [0.5, 0.6) is 5.75 Å². The van der Waals surface area contributed by atoms with Crippen molar-refractivity contribution in [3.8, 4) is 5.75 Å². The van der Waals surface area contributed by atoms with E-state index in [1.165, 1.54) is 13.0 Å². The average Bonchev–Trinajstić information content (AvgIpc) is 2.71. The predicted molar refractivity (Wildman–Crippen MR) is 106 cm³/mol. The number of hydrogen-bond acceptors (Lipinski definition) is 7. The van der Waals surface area contributed by atoms with Crippen LogP contribution in [0.3, 0.4) is 0 Å². The van der Waals surface area contributed by atoms with Gasteiger partial charge in [-0.25, -0.2) is 13.2 Å². The van der Waals surface area contributed by atoms with Crippen LogP contribution in [0, 0.1) is 0 Å². The molecule has 0 bridgehead atoms. The highest BCUT2D eigenvalue weighted by atomic mass is 32.2. The van der Waals surface area contributed by atoms with E-state index in [4.69, 9.17) is 9.47 Å². The third-order valence-electron chi connectivity index (χ3n) is 4.36. The van der Waals surface area contributed by atoms with Gasteiger partial charge in [0.2, 0.25) is 0 Å². The van der Waals surface area contributed by atoms with Crippen LogP contribution in [0.1, 0.15) is 12.5 Å². The molecule has 0 radical (unpaired) electrons. The Morgan fingerprint density at radius 3 is 2.69 bits per heavy atom. The van der Waals surface area contributed by atoms with Gasteiger partial charge in [0.1, 0.15) is 11.3 Å². The van der Waals surface area contributed by atoms with Crippen molar-refractivity contribution in [2.75, 3.05) is 19.4 Å². The normalized spacial score (nSPS) is 18.1. The van der Waals surface area contributed by atoms with E-state index in [1.54, 1.807) is 36.4 Å². The monoisotopic (exact) mass is 419 g/mol. The molecule has 3 rings (SSSR count). The highest BCUT2D eigenvalue weighted by Crippen LogP contribution is 2.19. The summed E-state index contributed by atoms with van der Waals surface area (Å²) in [5, 5.41) is 2.69. The third kappa shape index (κ3) is 5.02. The van der Waals surface area contributed by atoms with Gasteiger partial charge in [0.15, 0.2) is 11.9 Å². The van der Waals surface area contributed by atoms with Gasteiger partial charge in [0.05, 0.1) is 12.9 Å².